The normalized spacial score (nSPS) is 14.9. The highest BCUT2D eigenvalue weighted by Gasteiger charge is 2.27. The maximum atomic E-state index is 12.2. The molecule has 1 aliphatic heterocycles. The van der Waals surface area contributed by atoms with Crippen molar-refractivity contribution < 1.29 is 33.2 Å². The molecule has 0 saturated heterocycles. The average molecular weight is 363 g/mol. The third-order valence-electron chi connectivity index (χ3n) is 3.70. The highest BCUT2D eigenvalue weighted by molar-refractivity contribution is 6.32. The second kappa shape index (κ2) is 9.69. The molecule has 0 spiro atoms. The number of hydrogen-bond acceptors (Lipinski definition) is 7. The molecular formula is C17H22BNO7. The van der Waals surface area contributed by atoms with Crippen molar-refractivity contribution in [2.45, 2.75) is 39.1 Å². The summed E-state index contributed by atoms with van der Waals surface area (Å²) in [5.41, 5.74) is 1.04. The van der Waals surface area contributed by atoms with E-state index in [1.165, 1.54) is 6.92 Å². The van der Waals surface area contributed by atoms with E-state index in [-0.39, 0.29) is 31.5 Å². The summed E-state index contributed by atoms with van der Waals surface area (Å²) in [5.74, 6) is -0.529. The first kappa shape index (κ1) is 19.6. The molecule has 1 aromatic carbocycles. The molecule has 1 unspecified atom stereocenters. The molecule has 8 nitrogen and oxygen atoms in total. The number of ether oxygens (including phenoxy) is 3. The molecule has 26 heavy (non-hydrogen) atoms. The first-order valence-corrected chi connectivity index (χ1v) is 8.49. The molecule has 1 N–H and O–H groups in total. The van der Waals surface area contributed by atoms with Crippen molar-refractivity contribution in [1.82, 2.24) is 5.32 Å². The molecule has 0 aromatic heterocycles. The number of benzene rings is 1. The summed E-state index contributed by atoms with van der Waals surface area (Å²) in [7, 11) is 0.261. The summed E-state index contributed by atoms with van der Waals surface area (Å²) in [5, 5.41) is 2.79. The van der Waals surface area contributed by atoms with Gasteiger partial charge in [0.25, 0.3) is 0 Å². The van der Waals surface area contributed by atoms with E-state index in [9.17, 15) is 14.4 Å². The standard InChI is InChI=1S/C17H22BNO7/c1-3-4-8-23-17(22)25-10-24-16(21)13-7-5-6-12-9-14(19-11(2)20)18-26-15(12)13/h5-7,14,18H,3-4,8-10H2,1-2H3,(H,19,20). The van der Waals surface area contributed by atoms with Crippen molar-refractivity contribution >= 4 is 25.5 Å². The van der Waals surface area contributed by atoms with E-state index in [0.717, 1.165) is 18.4 Å². The summed E-state index contributed by atoms with van der Waals surface area (Å²) in [6.45, 7) is 3.13. The molecule has 9 heteroatoms. The summed E-state index contributed by atoms with van der Waals surface area (Å²) < 4.78 is 20.1. The lowest BCUT2D eigenvalue weighted by molar-refractivity contribution is -0.119. The van der Waals surface area contributed by atoms with Gasteiger partial charge in [-0.25, -0.2) is 9.59 Å². The fourth-order valence-corrected chi connectivity index (χ4v) is 2.52. The number of rotatable bonds is 7. The van der Waals surface area contributed by atoms with Crippen LogP contribution in [0.2, 0.25) is 0 Å². The van der Waals surface area contributed by atoms with Crippen LogP contribution in [0.4, 0.5) is 4.79 Å². The van der Waals surface area contributed by atoms with Crippen molar-refractivity contribution in [3.8, 4) is 5.75 Å². The Morgan fingerprint density at radius 2 is 2.08 bits per heavy atom. The molecule has 0 saturated carbocycles. The third-order valence-corrected chi connectivity index (χ3v) is 3.70. The van der Waals surface area contributed by atoms with Crippen LogP contribution in [0.5, 0.6) is 5.75 Å². The van der Waals surface area contributed by atoms with Crippen LogP contribution in [0.3, 0.4) is 0 Å². The van der Waals surface area contributed by atoms with Gasteiger partial charge >= 0.3 is 19.6 Å². The molecule has 0 fully saturated rings. The highest BCUT2D eigenvalue weighted by atomic mass is 16.8. The van der Waals surface area contributed by atoms with Gasteiger partial charge in [-0.2, -0.15) is 0 Å². The van der Waals surface area contributed by atoms with Gasteiger partial charge in [-0.3, -0.25) is 4.79 Å². The molecule has 1 atom stereocenters. The van der Waals surface area contributed by atoms with Gasteiger partial charge < -0.3 is 24.2 Å². The number of hydrogen-bond donors (Lipinski definition) is 1. The highest BCUT2D eigenvalue weighted by Crippen LogP contribution is 2.29. The minimum Gasteiger partial charge on any atom is -0.561 e. The fourth-order valence-electron chi connectivity index (χ4n) is 2.52. The number of esters is 1. The molecule has 2 rings (SSSR count). The SMILES string of the molecule is CCCCOC(=O)OCOC(=O)c1cccc2c1OBC(NC(C)=O)C2. The van der Waals surface area contributed by atoms with Gasteiger partial charge in [0.05, 0.1) is 6.61 Å². The number of carbonyl (C=O) groups is 3. The van der Waals surface area contributed by atoms with Gasteiger partial charge in [0.15, 0.2) is 0 Å². The second-order valence-corrected chi connectivity index (χ2v) is 5.85. The Hall–Kier alpha value is -2.71. The first-order chi connectivity index (χ1) is 12.5. The Bertz CT molecular complexity index is 665. The van der Waals surface area contributed by atoms with Gasteiger partial charge in [0.2, 0.25) is 12.7 Å². The van der Waals surface area contributed by atoms with E-state index in [1.54, 1.807) is 12.1 Å². The lowest BCUT2D eigenvalue weighted by Crippen LogP contribution is -2.44. The number of amides is 1. The lowest BCUT2D eigenvalue weighted by Gasteiger charge is -2.26. The van der Waals surface area contributed by atoms with E-state index in [0.29, 0.717) is 12.2 Å². The Morgan fingerprint density at radius 1 is 1.27 bits per heavy atom. The molecule has 0 radical (unpaired) electrons. The maximum Gasteiger partial charge on any atom is 0.511 e. The Labute approximate surface area is 152 Å². The summed E-state index contributed by atoms with van der Waals surface area (Å²) >= 11 is 0. The molecular weight excluding hydrogens is 341 g/mol. The van der Waals surface area contributed by atoms with Crippen LogP contribution in [0.25, 0.3) is 0 Å². The van der Waals surface area contributed by atoms with Crippen LogP contribution >= 0.6 is 0 Å². The summed E-state index contributed by atoms with van der Waals surface area (Å²) in [6, 6.07) is 5.09. The molecule has 1 heterocycles. The van der Waals surface area contributed by atoms with Crippen molar-refractivity contribution in [2.75, 3.05) is 13.4 Å². The van der Waals surface area contributed by atoms with Crippen LogP contribution in [-0.4, -0.2) is 44.9 Å². The second-order valence-electron chi connectivity index (χ2n) is 5.85. The van der Waals surface area contributed by atoms with E-state index >= 15 is 0 Å². The number of unbranched alkanes of at least 4 members (excludes halogenated alkanes) is 1. The fraction of sp³-hybridized carbons (Fsp3) is 0.471. The maximum absolute atomic E-state index is 12.2. The van der Waals surface area contributed by atoms with Crippen molar-refractivity contribution in [1.29, 1.82) is 0 Å². The van der Waals surface area contributed by atoms with Crippen LogP contribution in [0.1, 0.15) is 42.6 Å². The predicted molar refractivity (Wildman–Crippen MR) is 93.2 cm³/mol. The smallest absolute Gasteiger partial charge is 0.511 e. The third kappa shape index (κ3) is 5.68. The predicted octanol–water partition coefficient (Wildman–Crippen LogP) is 1.50. The van der Waals surface area contributed by atoms with Crippen LogP contribution in [0, 0.1) is 0 Å². The van der Waals surface area contributed by atoms with Gasteiger partial charge in [-0.15, -0.1) is 0 Å². The average Bonchev–Trinajstić information content (AvgIpc) is 2.60. The zero-order valence-corrected chi connectivity index (χ0v) is 14.9. The monoisotopic (exact) mass is 363 g/mol. The first-order valence-electron chi connectivity index (χ1n) is 8.49. The Kier molecular flexibility index (Phi) is 7.31. The molecule has 0 bridgehead atoms. The molecule has 140 valence electrons. The minimum atomic E-state index is -0.879. The largest absolute Gasteiger partial charge is 0.561 e. The van der Waals surface area contributed by atoms with E-state index < -0.39 is 18.9 Å². The van der Waals surface area contributed by atoms with E-state index in [4.69, 9.17) is 18.9 Å². The number of fused-ring (bicyclic) bond motifs is 1. The van der Waals surface area contributed by atoms with E-state index in [2.05, 4.69) is 5.32 Å². The molecule has 1 aromatic rings. The molecule has 1 aliphatic rings. The zero-order chi connectivity index (χ0) is 18.9. The van der Waals surface area contributed by atoms with Crippen LogP contribution < -0.4 is 9.97 Å². The Morgan fingerprint density at radius 3 is 2.81 bits per heavy atom. The lowest BCUT2D eigenvalue weighted by atomic mass is 9.79. The van der Waals surface area contributed by atoms with Gasteiger partial charge in [0, 0.05) is 12.9 Å². The number of carbonyl (C=O) groups excluding carboxylic acids is 3. The number of para-hydroxylation sites is 1. The van der Waals surface area contributed by atoms with E-state index in [1.807, 2.05) is 13.0 Å². The quantitative estimate of drug-likeness (QED) is 0.339. The van der Waals surface area contributed by atoms with Crippen LogP contribution in [-0.2, 0) is 25.4 Å². The molecule has 1 amide bonds. The van der Waals surface area contributed by atoms with Crippen molar-refractivity contribution in [3.63, 3.8) is 0 Å². The summed E-state index contributed by atoms with van der Waals surface area (Å²) in [4.78, 5) is 34.7. The Balaban J connectivity index is 1.88. The van der Waals surface area contributed by atoms with Crippen LogP contribution in [0.15, 0.2) is 18.2 Å². The van der Waals surface area contributed by atoms with Gasteiger partial charge in [-0.1, -0.05) is 25.5 Å². The van der Waals surface area contributed by atoms with Gasteiger partial charge in [0.1, 0.15) is 11.3 Å². The van der Waals surface area contributed by atoms with Gasteiger partial charge in [-0.05, 0) is 24.5 Å². The topological polar surface area (TPSA) is 100 Å². The zero-order valence-electron chi connectivity index (χ0n) is 14.9. The molecule has 0 aliphatic carbocycles. The van der Waals surface area contributed by atoms with Crippen molar-refractivity contribution in [3.05, 3.63) is 29.3 Å². The summed E-state index contributed by atoms with van der Waals surface area (Å²) in [6.07, 6.45) is 1.30. The minimum absolute atomic E-state index is 0.138. The number of nitrogens with one attached hydrogen (secondary N) is 1. The van der Waals surface area contributed by atoms with Crippen molar-refractivity contribution in [2.24, 2.45) is 0 Å².